The maximum Gasteiger partial charge on any atom is 0.329 e. The summed E-state index contributed by atoms with van der Waals surface area (Å²) in [6.45, 7) is 4.70. The minimum atomic E-state index is -0.906. The molecule has 0 bridgehead atoms. The normalized spacial score (nSPS) is 11.6. The number of methoxy groups -OCH3 is 1. The zero-order valence-electron chi connectivity index (χ0n) is 16.1. The number of esters is 1. The van der Waals surface area contributed by atoms with E-state index in [0.717, 1.165) is 0 Å². The van der Waals surface area contributed by atoms with Crippen molar-refractivity contribution < 1.29 is 28.4 Å². The molecule has 1 heterocycles. The molecule has 9 heteroatoms. The van der Waals surface area contributed by atoms with Gasteiger partial charge in [-0.05, 0) is 37.1 Å². The number of aryl methyl sites for hydroxylation is 1. The molecular weight excluding hydrogens is 366 g/mol. The number of carbonyl (C=O) groups excluding carboxylic acids is 3. The van der Waals surface area contributed by atoms with Crippen molar-refractivity contribution in [3.63, 3.8) is 0 Å². The van der Waals surface area contributed by atoms with Gasteiger partial charge in [-0.2, -0.15) is 0 Å². The van der Waals surface area contributed by atoms with Gasteiger partial charge in [-0.25, -0.2) is 4.79 Å². The zero-order valence-corrected chi connectivity index (χ0v) is 16.1. The van der Waals surface area contributed by atoms with E-state index in [0.29, 0.717) is 17.1 Å². The Labute approximate surface area is 162 Å². The number of hydrogen-bond acceptors (Lipinski definition) is 7. The van der Waals surface area contributed by atoms with E-state index in [-0.39, 0.29) is 11.7 Å². The van der Waals surface area contributed by atoms with Crippen LogP contribution in [0, 0.1) is 12.8 Å². The van der Waals surface area contributed by atoms with Crippen LogP contribution in [0.25, 0.3) is 0 Å². The van der Waals surface area contributed by atoms with Gasteiger partial charge in [-0.15, -0.1) is 0 Å². The number of nitrogens with one attached hydrogen (secondary N) is 2. The SMILES string of the molecule is COc1ccc(C(=O)N[C@H](C(=O)OCC(=O)Nc2cc(C)on2)C(C)C)cc1. The third-order valence-corrected chi connectivity index (χ3v) is 3.80. The van der Waals surface area contributed by atoms with Crippen LogP contribution in [0.2, 0.25) is 0 Å². The summed E-state index contributed by atoms with van der Waals surface area (Å²) in [5.41, 5.74) is 0.374. The van der Waals surface area contributed by atoms with Crippen LogP contribution in [0.15, 0.2) is 34.9 Å². The van der Waals surface area contributed by atoms with Crippen LogP contribution >= 0.6 is 0 Å². The molecule has 2 aromatic rings. The van der Waals surface area contributed by atoms with Gasteiger partial charge in [0, 0.05) is 11.6 Å². The van der Waals surface area contributed by atoms with Crippen LogP contribution in [0.5, 0.6) is 5.75 Å². The van der Waals surface area contributed by atoms with Crippen molar-refractivity contribution in [2.24, 2.45) is 5.92 Å². The molecule has 0 spiro atoms. The lowest BCUT2D eigenvalue weighted by Crippen LogP contribution is -2.45. The second kappa shape index (κ2) is 9.54. The first-order valence-electron chi connectivity index (χ1n) is 8.65. The molecule has 0 aliphatic carbocycles. The lowest BCUT2D eigenvalue weighted by atomic mass is 10.0. The Bertz CT molecular complexity index is 828. The first kappa shape index (κ1) is 20.9. The molecule has 0 saturated heterocycles. The molecule has 2 rings (SSSR count). The molecule has 9 nitrogen and oxygen atoms in total. The summed E-state index contributed by atoms with van der Waals surface area (Å²) >= 11 is 0. The second-order valence-corrected chi connectivity index (χ2v) is 6.40. The lowest BCUT2D eigenvalue weighted by Gasteiger charge is -2.20. The number of ether oxygens (including phenoxy) is 2. The maximum absolute atomic E-state index is 12.4. The number of aromatic nitrogens is 1. The molecule has 1 aromatic carbocycles. The smallest absolute Gasteiger partial charge is 0.329 e. The summed E-state index contributed by atoms with van der Waals surface area (Å²) in [6.07, 6.45) is 0. The van der Waals surface area contributed by atoms with Gasteiger partial charge in [0.1, 0.15) is 17.6 Å². The van der Waals surface area contributed by atoms with E-state index < -0.39 is 30.4 Å². The predicted molar refractivity (Wildman–Crippen MR) is 99.9 cm³/mol. The van der Waals surface area contributed by atoms with E-state index >= 15 is 0 Å². The molecule has 1 atom stereocenters. The fraction of sp³-hybridized carbons (Fsp3) is 0.368. The van der Waals surface area contributed by atoms with Crippen molar-refractivity contribution in [3.8, 4) is 5.75 Å². The average molecular weight is 389 g/mol. The van der Waals surface area contributed by atoms with Crippen LogP contribution in [-0.4, -0.2) is 42.7 Å². The number of hydrogen-bond donors (Lipinski definition) is 2. The number of anilines is 1. The van der Waals surface area contributed by atoms with E-state index in [4.69, 9.17) is 14.0 Å². The standard InChI is InChI=1S/C19H23N3O6/c1-11(2)17(21-18(24)13-5-7-14(26-4)8-6-13)19(25)27-10-16(23)20-15-9-12(3)28-22-15/h5-9,11,17H,10H2,1-4H3,(H,21,24)(H,20,22,23)/t17-/m0/s1. The molecule has 28 heavy (non-hydrogen) atoms. The molecule has 0 aliphatic rings. The van der Waals surface area contributed by atoms with E-state index in [1.165, 1.54) is 13.2 Å². The number of rotatable bonds is 8. The van der Waals surface area contributed by atoms with Crippen LogP contribution in [0.4, 0.5) is 5.82 Å². The summed E-state index contributed by atoms with van der Waals surface area (Å²) in [5, 5.41) is 8.69. The summed E-state index contributed by atoms with van der Waals surface area (Å²) < 4.78 is 14.9. The van der Waals surface area contributed by atoms with Gasteiger partial charge in [0.2, 0.25) is 0 Å². The predicted octanol–water partition coefficient (Wildman–Crippen LogP) is 1.93. The first-order valence-corrected chi connectivity index (χ1v) is 8.65. The third kappa shape index (κ3) is 5.83. The number of amides is 2. The van der Waals surface area contributed by atoms with Gasteiger partial charge >= 0.3 is 5.97 Å². The highest BCUT2D eigenvalue weighted by Gasteiger charge is 2.27. The van der Waals surface area contributed by atoms with Gasteiger partial charge in [-0.3, -0.25) is 9.59 Å². The number of nitrogens with zero attached hydrogens (tertiary/aromatic N) is 1. The van der Waals surface area contributed by atoms with Crippen molar-refractivity contribution in [3.05, 3.63) is 41.7 Å². The topological polar surface area (TPSA) is 120 Å². The van der Waals surface area contributed by atoms with E-state index in [1.54, 1.807) is 45.0 Å². The Morgan fingerprint density at radius 1 is 1.18 bits per heavy atom. The van der Waals surface area contributed by atoms with Crippen molar-refractivity contribution in [1.82, 2.24) is 10.5 Å². The Morgan fingerprint density at radius 2 is 1.86 bits per heavy atom. The molecular formula is C19H23N3O6. The molecule has 0 saturated carbocycles. The van der Waals surface area contributed by atoms with Gasteiger partial charge in [0.15, 0.2) is 12.4 Å². The van der Waals surface area contributed by atoms with Crippen LogP contribution in [0.3, 0.4) is 0 Å². The minimum absolute atomic E-state index is 0.228. The van der Waals surface area contributed by atoms with Crippen molar-refractivity contribution >= 4 is 23.6 Å². The highest BCUT2D eigenvalue weighted by molar-refractivity contribution is 5.97. The van der Waals surface area contributed by atoms with E-state index in [2.05, 4.69) is 15.8 Å². The minimum Gasteiger partial charge on any atom is -0.497 e. The van der Waals surface area contributed by atoms with Crippen LogP contribution in [-0.2, 0) is 14.3 Å². The quantitative estimate of drug-likeness (QED) is 0.662. The molecule has 150 valence electrons. The molecule has 1 aromatic heterocycles. The zero-order chi connectivity index (χ0) is 20.7. The Balaban J connectivity index is 1.91. The first-order chi connectivity index (χ1) is 13.3. The lowest BCUT2D eigenvalue weighted by molar-refractivity contribution is -0.150. The van der Waals surface area contributed by atoms with E-state index in [1.807, 2.05) is 0 Å². The Kier molecular flexibility index (Phi) is 7.14. The molecule has 0 radical (unpaired) electrons. The number of benzene rings is 1. The highest BCUT2D eigenvalue weighted by Crippen LogP contribution is 2.13. The summed E-state index contributed by atoms with van der Waals surface area (Å²) in [7, 11) is 1.53. The van der Waals surface area contributed by atoms with Crippen LogP contribution < -0.4 is 15.4 Å². The molecule has 0 unspecified atom stereocenters. The third-order valence-electron chi connectivity index (χ3n) is 3.80. The maximum atomic E-state index is 12.4. The summed E-state index contributed by atoms with van der Waals surface area (Å²) in [5.74, 6) is -0.560. The Morgan fingerprint density at radius 3 is 2.39 bits per heavy atom. The van der Waals surface area contributed by atoms with Crippen LogP contribution in [0.1, 0.15) is 30.0 Å². The molecule has 0 fully saturated rings. The Hall–Kier alpha value is -3.36. The van der Waals surface area contributed by atoms with E-state index in [9.17, 15) is 14.4 Å². The summed E-state index contributed by atoms with van der Waals surface area (Å²) in [4.78, 5) is 36.6. The van der Waals surface area contributed by atoms with Crippen molar-refractivity contribution in [1.29, 1.82) is 0 Å². The van der Waals surface area contributed by atoms with Crippen molar-refractivity contribution in [2.75, 3.05) is 19.0 Å². The van der Waals surface area contributed by atoms with Gasteiger partial charge in [0.05, 0.1) is 7.11 Å². The summed E-state index contributed by atoms with van der Waals surface area (Å²) in [6, 6.07) is 7.10. The van der Waals surface area contributed by atoms with Gasteiger partial charge in [-0.1, -0.05) is 19.0 Å². The monoisotopic (exact) mass is 389 g/mol. The second-order valence-electron chi connectivity index (χ2n) is 6.40. The number of carbonyl (C=O) groups is 3. The molecule has 0 aliphatic heterocycles. The molecule has 2 amide bonds. The van der Waals surface area contributed by atoms with Gasteiger partial charge in [0.25, 0.3) is 11.8 Å². The fourth-order valence-corrected chi connectivity index (χ4v) is 2.30. The average Bonchev–Trinajstić information content (AvgIpc) is 3.08. The highest BCUT2D eigenvalue weighted by atomic mass is 16.5. The van der Waals surface area contributed by atoms with Gasteiger partial charge < -0.3 is 24.6 Å². The van der Waals surface area contributed by atoms with Crippen molar-refractivity contribution in [2.45, 2.75) is 26.8 Å². The largest absolute Gasteiger partial charge is 0.497 e. The molecule has 2 N–H and O–H groups in total. The fourth-order valence-electron chi connectivity index (χ4n) is 2.30.